The van der Waals surface area contributed by atoms with E-state index in [2.05, 4.69) is 37.6 Å². The Morgan fingerprint density at radius 2 is 1.84 bits per heavy atom. The van der Waals surface area contributed by atoms with E-state index < -0.39 is 0 Å². The zero-order valence-corrected chi connectivity index (χ0v) is 13.1. The first-order valence-electron chi connectivity index (χ1n) is 7.21. The van der Waals surface area contributed by atoms with Gasteiger partial charge in [-0.1, -0.05) is 28.9 Å². The molecule has 1 heterocycles. The van der Waals surface area contributed by atoms with Crippen LogP contribution < -0.4 is 5.32 Å². The van der Waals surface area contributed by atoms with E-state index in [9.17, 15) is 4.79 Å². The van der Waals surface area contributed by atoms with Crippen molar-refractivity contribution in [2.45, 2.75) is 19.3 Å². The minimum atomic E-state index is 0.264. The standard InChI is InChI=1S/C14H24BrN3O/c1-12(15)11-18-9-7-17(8-10-18)6-5-16-14(19)13-3-2-4-13/h13H,1-11H2,(H,16,19). The molecule has 0 aromatic heterocycles. The summed E-state index contributed by atoms with van der Waals surface area (Å²) in [6.45, 7) is 10.9. The molecule has 1 saturated heterocycles. The molecule has 2 fully saturated rings. The van der Waals surface area contributed by atoms with Gasteiger partial charge in [0.05, 0.1) is 0 Å². The Kier molecular flexibility index (Phi) is 5.85. The van der Waals surface area contributed by atoms with Crippen LogP contribution >= 0.6 is 15.9 Å². The van der Waals surface area contributed by atoms with Gasteiger partial charge < -0.3 is 5.32 Å². The fourth-order valence-electron chi connectivity index (χ4n) is 2.57. The SMILES string of the molecule is C=C(Br)CN1CCN(CCNC(=O)C2CCC2)CC1. The monoisotopic (exact) mass is 329 g/mol. The summed E-state index contributed by atoms with van der Waals surface area (Å²) >= 11 is 3.41. The highest BCUT2D eigenvalue weighted by atomic mass is 79.9. The van der Waals surface area contributed by atoms with E-state index >= 15 is 0 Å². The molecule has 0 spiro atoms. The van der Waals surface area contributed by atoms with Crippen molar-refractivity contribution < 1.29 is 4.79 Å². The van der Waals surface area contributed by atoms with E-state index in [4.69, 9.17) is 0 Å². The maximum atomic E-state index is 11.7. The van der Waals surface area contributed by atoms with Gasteiger partial charge in [-0.3, -0.25) is 14.6 Å². The lowest BCUT2D eigenvalue weighted by atomic mass is 9.85. The van der Waals surface area contributed by atoms with Crippen LogP contribution in [-0.4, -0.2) is 61.5 Å². The molecule has 1 aliphatic carbocycles. The molecule has 1 amide bonds. The van der Waals surface area contributed by atoms with Gasteiger partial charge >= 0.3 is 0 Å². The van der Waals surface area contributed by atoms with Crippen molar-refractivity contribution in [3.05, 3.63) is 11.1 Å². The molecule has 0 radical (unpaired) electrons. The summed E-state index contributed by atoms with van der Waals surface area (Å²) in [5, 5.41) is 3.06. The maximum absolute atomic E-state index is 11.7. The lowest BCUT2D eigenvalue weighted by Crippen LogP contribution is -2.49. The van der Waals surface area contributed by atoms with Crippen LogP contribution in [0.25, 0.3) is 0 Å². The molecule has 5 heteroatoms. The number of carbonyl (C=O) groups excluding carboxylic acids is 1. The number of hydrogen-bond donors (Lipinski definition) is 1. The second-order valence-corrected chi connectivity index (χ2v) is 6.68. The third-order valence-corrected chi connectivity index (χ3v) is 4.31. The van der Waals surface area contributed by atoms with Gasteiger partial charge in [0.2, 0.25) is 5.91 Å². The fourth-order valence-corrected chi connectivity index (χ4v) is 2.92. The summed E-state index contributed by atoms with van der Waals surface area (Å²) in [5.41, 5.74) is 0. The predicted octanol–water partition coefficient (Wildman–Crippen LogP) is 1.43. The molecule has 1 saturated carbocycles. The molecule has 108 valence electrons. The quantitative estimate of drug-likeness (QED) is 0.800. The topological polar surface area (TPSA) is 35.6 Å². The zero-order chi connectivity index (χ0) is 13.7. The zero-order valence-electron chi connectivity index (χ0n) is 11.5. The minimum absolute atomic E-state index is 0.264. The average molecular weight is 330 g/mol. The summed E-state index contributed by atoms with van der Waals surface area (Å²) in [5.74, 6) is 0.572. The first-order valence-corrected chi connectivity index (χ1v) is 8.00. The highest BCUT2D eigenvalue weighted by Gasteiger charge is 2.25. The fraction of sp³-hybridized carbons (Fsp3) is 0.786. The van der Waals surface area contributed by atoms with Crippen molar-refractivity contribution in [1.29, 1.82) is 0 Å². The van der Waals surface area contributed by atoms with Crippen molar-refractivity contribution in [3.63, 3.8) is 0 Å². The molecule has 0 bridgehead atoms. The normalized spacial score (nSPS) is 21.9. The van der Waals surface area contributed by atoms with Crippen LogP contribution in [0.4, 0.5) is 0 Å². The maximum Gasteiger partial charge on any atom is 0.223 e. The summed E-state index contributed by atoms with van der Waals surface area (Å²) in [6.07, 6.45) is 3.39. The Bertz CT molecular complexity index is 323. The Morgan fingerprint density at radius 3 is 2.37 bits per heavy atom. The van der Waals surface area contributed by atoms with Crippen LogP contribution in [0.15, 0.2) is 11.1 Å². The van der Waals surface area contributed by atoms with Gasteiger partial charge in [0.15, 0.2) is 0 Å². The lowest BCUT2D eigenvalue weighted by molar-refractivity contribution is -0.127. The van der Waals surface area contributed by atoms with Crippen LogP contribution in [-0.2, 0) is 4.79 Å². The number of rotatable bonds is 6. The van der Waals surface area contributed by atoms with E-state index in [0.29, 0.717) is 5.92 Å². The molecule has 19 heavy (non-hydrogen) atoms. The molecule has 4 nitrogen and oxygen atoms in total. The van der Waals surface area contributed by atoms with Crippen LogP contribution in [0.3, 0.4) is 0 Å². The van der Waals surface area contributed by atoms with Gasteiger partial charge in [-0.05, 0) is 12.8 Å². The highest BCUT2D eigenvalue weighted by Crippen LogP contribution is 2.25. The van der Waals surface area contributed by atoms with Crippen molar-refractivity contribution in [2.24, 2.45) is 5.92 Å². The van der Waals surface area contributed by atoms with Crippen LogP contribution in [0.5, 0.6) is 0 Å². The lowest BCUT2D eigenvalue weighted by Gasteiger charge is -2.34. The van der Waals surface area contributed by atoms with Crippen LogP contribution in [0.1, 0.15) is 19.3 Å². The number of carbonyl (C=O) groups is 1. The van der Waals surface area contributed by atoms with E-state index in [1.807, 2.05) is 0 Å². The first-order chi connectivity index (χ1) is 9.15. The molecule has 0 aromatic carbocycles. The molecule has 0 aromatic rings. The summed E-state index contributed by atoms with van der Waals surface area (Å²) in [4.78, 5) is 16.5. The third-order valence-electron chi connectivity index (χ3n) is 4.06. The predicted molar refractivity (Wildman–Crippen MR) is 81.3 cm³/mol. The van der Waals surface area contributed by atoms with Gasteiger partial charge in [-0.2, -0.15) is 0 Å². The average Bonchev–Trinajstić information content (AvgIpc) is 2.28. The van der Waals surface area contributed by atoms with Crippen molar-refractivity contribution in [3.8, 4) is 0 Å². The molecule has 0 unspecified atom stereocenters. The Hall–Kier alpha value is -0.390. The molecule has 2 rings (SSSR count). The molecule has 1 aliphatic heterocycles. The molecule has 1 N–H and O–H groups in total. The summed E-state index contributed by atoms with van der Waals surface area (Å²) < 4.78 is 1.05. The second-order valence-electron chi connectivity index (χ2n) is 5.55. The largest absolute Gasteiger partial charge is 0.355 e. The van der Waals surface area contributed by atoms with Gasteiger partial charge in [-0.15, -0.1) is 0 Å². The van der Waals surface area contributed by atoms with Crippen molar-refractivity contribution in [2.75, 3.05) is 45.8 Å². The van der Waals surface area contributed by atoms with Crippen LogP contribution in [0.2, 0.25) is 0 Å². The van der Waals surface area contributed by atoms with Crippen molar-refractivity contribution >= 4 is 21.8 Å². The van der Waals surface area contributed by atoms with E-state index in [1.165, 1.54) is 6.42 Å². The highest BCUT2D eigenvalue weighted by molar-refractivity contribution is 9.11. The van der Waals surface area contributed by atoms with Gasteiger partial charge in [-0.25, -0.2) is 0 Å². The number of piperazine rings is 1. The molecule has 0 atom stereocenters. The van der Waals surface area contributed by atoms with Crippen LogP contribution in [0, 0.1) is 5.92 Å². The molecule has 2 aliphatic rings. The number of nitrogens with one attached hydrogen (secondary N) is 1. The number of hydrogen-bond acceptors (Lipinski definition) is 3. The summed E-state index contributed by atoms with van der Waals surface area (Å²) in [6, 6.07) is 0. The second kappa shape index (κ2) is 7.41. The van der Waals surface area contributed by atoms with Gasteiger partial charge in [0.25, 0.3) is 0 Å². The Labute approximate surface area is 124 Å². The summed E-state index contributed by atoms with van der Waals surface area (Å²) in [7, 11) is 0. The molecular weight excluding hydrogens is 306 g/mol. The third kappa shape index (κ3) is 4.89. The minimum Gasteiger partial charge on any atom is -0.355 e. The Balaban J connectivity index is 1.55. The van der Waals surface area contributed by atoms with Gasteiger partial charge in [0.1, 0.15) is 0 Å². The first kappa shape index (κ1) is 15.0. The Morgan fingerprint density at radius 1 is 1.21 bits per heavy atom. The van der Waals surface area contributed by atoms with Crippen molar-refractivity contribution in [1.82, 2.24) is 15.1 Å². The van der Waals surface area contributed by atoms with E-state index in [-0.39, 0.29) is 5.91 Å². The number of amides is 1. The van der Waals surface area contributed by atoms with Gasteiger partial charge in [0, 0.05) is 56.2 Å². The number of nitrogens with zero attached hydrogens (tertiary/aromatic N) is 2. The van der Waals surface area contributed by atoms with E-state index in [0.717, 1.165) is 63.1 Å². The number of halogens is 1. The van der Waals surface area contributed by atoms with E-state index in [1.54, 1.807) is 0 Å². The smallest absolute Gasteiger partial charge is 0.223 e. The molecular formula is C14H24BrN3O.